The summed E-state index contributed by atoms with van der Waals surface area (Å²) in [5, 5.41) is 0. The number of ketones is 1. The third-order valence-electron chi connectivity index (χ3n) is 4.39. The third-order valence-corrected chi connectivity index (χ3v) is 4.39. The smallest absolute Gasteiger partial charge is 0.136 e. The number of nitrogens with zero attached hydrogens (tertiary/aromatic N) is 1. The second-order valence-corrected chi connectivity index (χ2v) is 5.37. The van der Waals surface area contributed by atoms with Crippen molar-refractivity contribution >= 4 is 5.78 Å². The molecule has 2 saturated heterocycles. The summed E-state index contributed by atoms with van der Waals surface area (Å²) in [6, 6.07) is 1.37. The molecule has 90 valence electrons. The normalized spacial score (nSPS) is 33.9. The van der Waals surface area contributed by atoms with Gasteiger partial charge in [-0.05, 0) is 45.6 Å². The topological polar surface area (TPSA) is 20.3 Å². The van der Waals surface area contributed by atoms with E-state index in [1.54, 1.807) is 0 Å². The minimum absolute atomic E-state index is 0.360. The fourth-order valence-electron chi connectivity index (χ4n) is 3.30. The molecule has 0 aromatic carbocycles. The van der Waals surface area contributed by atoms with Gasteiger partial charge in [-0.1, -0.05) is 6.08 Å². The SMILES string of the molecule is C=CCCCC(=O)C1CC2CCC(C1)N2C. The number of hydrogen-bond donors (Lipinski definition) is 0. The van der Waals surface area contributed by atoms with E-state index < -0.39 is 0 Å². The molecule has 2 heterocycles. The first-order chi connectivity index (χ1) is 7.72. The van der Waals surface area contributed by atoms with Gasteiger partial charge in [0.2, 0.25) is 0 Å². The molecule has 2 aliphatic rings. The summed E-state index contributed by atoms with van der Waals surface area (Å²) in [5.74, 6) is 0.866. The largest absolute Gasteiger partial charge is 0.300 e. The Labute approximate surface area is 98.7 Å². The Morgan fingerprint density at radius 1 is 1.38 bits per heavy atom. The van der Waals surface area contributed by atoms with Crippen molar-refractivity contribution in [2.24, 2.45) is 5.92 Å². The molecular formula is C14H23NO. The number of fused-ring (bicyclic) bond motifs is 2. The monoisotopic (exact) mass is 221 g/mol. The van der Waals surface area contributed by atoms with E-state index in [1.165, 1.54) is 12.8 Å². The van der Waals surface area contributed by atoms with Gasteiger partial charge in [0.25, 0.3) is 0 Å². The van der Waals surface area contributed by atoms with Crippen molar-refractivity contribution in [3.05, 3.63) is 12.7 Å². The van der Waals surface area contributed by atoms with Gasteiger partial charge in [-0.2, -0.15) is 0 Å². The third kappa shape index (κ3) is 2.37. The maximum Gasteiger partial charge on any atom is 0.136 e. The Kier molecular flexibility index (Phi) is 3.80. The highest BCUT2D eigenvalue weighted by Gasteiger charge is 2.40. The first-order valence-electron chi connectivity index (χ1n) is 6.58. The molecule has 2 fully saturated rings. The molecule has 0 aromatic heterocycles. The summed E-state index contributed by atoms with van der Waals surface area (Å²) < 4.78 is 0. The van der Waals surface area contributed by atoms with Crippen LogP contribution in [0.15, 0.2) is 12.7 Å². The molecule has 2 rings (SSSR count). The molecule has 2 aliphatic heterocycles. The summed E-state index contributed by atoms with van der Waals surface area (Å²) in [6.45, 7) is 3.70. The summed E-state index contributed by atoms with van der Waals surface area (Å²) in [7, 11) is 2.22. The molecule has 0 amide bonds. The molecule has 2 nitrogen and oxygen atoms in total. The minimum Gasteiger partial charge on any atom is -0.300 e. The summed E-state index contributed by atoms with van der Waals surface area (Å²) in [5.41, 5.74) is 0. The van der Waals surface area contributed by atoms with Crippen molar-refractivity contribution < 1.29 is 4.79 Å². The Balaban J connectivity index is 1.83. The van der Waals surface area contributed by atoms with E-state index in [-0.39, 0.29) is 0 Å². The van der Waals surface area contributed by atoms with Crippen molar-refractivity contribution in [3.63, 3.8) is 0 Å². The van der Waals surface area contributed by atoms with E-state index in [0.717, 1.165) is 32.1 Å². The van der Waals surface area contributed by atoms with Crippen molar-refractivity contribution in [3.8, 4) is 0 Å². The zero-order chi connectivity index (χ0) is 11.5. The molecule has 2 heteroatoms. The molecule has 0 aliphatic carbocycles. The van der Waals surface area contributed by atoms with Crippen molar-refractivity contribution in [2.45, 2.75) is 57.0 Å². The number of unbranched alkanes of at least 4 members (excludes halogenated alkanes) is 1. The van der Waals surface area contributed by atoms with Crippen LogP contribution >= 0.6 is 0 Å². The summed E-state index contributed by atoms with van der Waals surface area (Å²) >= 11 is 0. The summed E-state index contributed by atoms with van der Waals surface area (Å²) in [4.78, 5) is 14.5. The maximum absolute atomic E-state index is 12.0. The highest BCUT2D eigenvalue weighted by molar-refractivity contribution is 5.81. The van der Waals surface area contributed by atoms with Crippen LogP contribution in [0.3, 0.4) is 0 Å². The van der Waals surface area contributed by atoms with Gasteiger partial charge in [0.1, 0.15) is 5.78 Å². The van der Waals surface area contributed by atoms with Gasteiger partial charge >= 0.3 is 0 Å². The Morgan fingerprint density at radius 3 is 2.56 bits per heavy atom. The highest BCUT2D eigenvalue weighted by atomic mass is 16.1. The molecule has 0 aromatic rings. The average Bonchev–Trinajstić information content (AvgIpc) is 2.53. The van der Waals surface area contributed by atoms with Crippen LogP contribution in [0.25, 0.3) is 0 Å². The Morgan fingerprint density at radius 2 is 2.00 bits per heavy atom. The number of piperidine rings is 1. The molecule has 2 unspecified atom stereocenters. The second kappa shape index (κ2) is 5.13. The van der Waals surface area contributed by atoms with Crippen LogP contribution in [-0.2, 0) is 4.79 Å². The van der Waals surface area contributed by atoms with Gasteiger partial charge in [0, 0.05) is 24.4 Å². The minimum atomic E-state index is 0.360. The zero-order valence-corrected chi connectivity index (χ0v) is 10.3. The number of allylic oxidation sites excluding steroid dienone is 1. The van der Waals surface area contributed by atoms with Crippen LogP contribution in [0.2, 0.25) is 0 Å². The van der Waals surface area contributed by atoms with E-state index >= 15 is 0 Å². The van der Waals surface area contributed by atoms with Crippen molar-refractivity contribution in [1.29, 1.82) is 0 Å². The first-order valence-corrected chi connectivity index (χ1v) is 6.58. The number of hydrogen-bond acceptors (Lipinski definition) is 2. The van der Waals surface area contributed by atoms with Crippen LogP contribution in [0.5, 0.6) is 0 Å². The lowest BCUT2D eigenvalue weighted by molar-refractivity contribution is -0.125. The van der Waals surface area contributed by atoms with E-state index in [9.17, 15) is 4.79 Å². The van der Waals surface area contributed by atoms with Crippen molar-refractivity contribution in [1.82, 2.24) is 4.90 Å². The lowest BCUT2D eigenvalue weighted by Crippen LogP contribution is -2.42. The lowest BCUT2D eigenvalue weighted by Gasteiger charge is -2.35. The molecule has 0 saturated carbocycles. The number of carbonyl (C=O) groups is 1. The van der Waals surface area contributed by atoms with Crippen LogP contribution < -0.4 is 0 Å². The standard InChI is InChI=1S/C14H23NO/c1-3-4-5-6-14(16)11-9-12-7-8-13(10-11)15(12)2/h3,11-13H,1,4-10H2,2H3. The van der Waals surface area contributed by atoms with Crippen molar-refractivity contribution in [2.75, 3.05) is 7.05 Å². The summed E-state index contributed by atoms with van der Waals surface area (Å²) in [6.07, 6.45) is 9.47. The average molecular weight is 221 g/mol. The van der Waals surface area contributed by atoms with E-state index in [2.05, 4.69) is 18.5 Å². The van der Waals surface area contributed by atoms with Crippen LogP contribution in [0.4, 0.5) is 0 Å². The van der Waals surface area contributed by atoms with E-state index in [0.29, 0.717) is 23.8 Å². The first kappa shape index (κ1) is 11.8. The fourth-order valence-corrected chi connectivity index (χ4v) is 3.30. The number of Topliss-reactive ketones (excluding diaryl/α,β-unsaturated/α-hetero) is 1. The molecule has 2 bridgehead atoms. The highest BCUT2D eigenvalue weighted by Crippen LogP contribution is 2.38. The number of carbonyl (C=O) groups excluding carboxylic acids is 1. The van der Waals surface area contributed by atoms with Gasteiger partial charge in [0.05, 0.1) is 0 Å². The van der Waals surface area contributed by atoms with Crippen LogP contribution in [0, 0.1) is 5.92 Å². The van der Waals surface area contributed by atoms with Crippen LogP contribution in [-0.4, -0.2) is 29.8 Å². The molecule has 2 atom stereocenters. The fraction of sp³-hybridized carbons (Fsp3) is 0.786. The van der Waals surface area contributed by atoms with Gasteiger partial charge in [-0.15, -0.1) is 6.58 Å². The van der Waals surface area contributed by atoms with E-state index in [1.807, 2.05) is 6.08 Å². The quantitative estimate of drug-likeness (QED) is 0.525. The molecule has 16 heavy (non-hydrogen) atoms. The molecular weight excluding hydrogens is 198 g/mol. The maximum atomic E-state index is 12.0. The van der Waals surface area contributed by atoms with E-state index in [4.69, 9.17) is 0 Å². The number of rotatable bonds is 5. The Bertz CT molecular complexity index is 260. The predicted octanol–water partition coefficient (Wildman–Crippen LogP) is 2.78. The predicted molar refractivity (Wildman–Crippen MR) is 66.4 cm³/mol. The zero-order valence-electron chi connectivity index (χ0n) is 10.3. The lowest BCUT2D eigenvalue weighted by atomic mass is 9.86. The van der Waals surface area contributed by atoms with Gasteiger partial charge in [0.15, 0.2) is 0 Å². The van der Waals surface area contributed by atoms with Gasteiger partial charge < -0.3 is 4.90 Å². The van der Waals surface area contributed by atoms with Gasteiger partial charge in [-0.3, -0.25) is 4.79 Å². The molecule has 0 spiro atoms. The van der Waals surface area contributed by atoms with Gasteiger partial charge in [-0.25, -0.2) is 0 Å². The Hall–Kier alpha value is -0.630. The van der Waals surface area contributed by atoms with Crippen LogP contribution in [0.1, 0.15) is 44.9 Å². The second-order valence-electron chi connectivity index (χ2n) is 5.37. The molecule has 0 radical (unpaired) electrons. The molecule has 0 N–H and O–H groups in total.